The van der Waals surface area contributed by atoms with E-state index in [1.54, 1.807) is 17.0 Å². The van der Waals surface area contributed by atoms with Gasteiger partial charge in [-0.15, -0.1) is 0 Å². The van der Waals surface area contributed by atoms with Crippen molar-refractivity contribution in [3.8, 4) is 0 Å². The third-order valence-electron chi connectivity index (χ3n) is 5.39. The van der Waals surface area contributed by atoms with Gasteiger partial charge < -0.3 is 14.6 Å². The zero-order valence-corrected chi connectivity index (χ0v) is 17.6. The molecule has 30 heavy (non-hydrogen) atoms. The molecule has 0 radical (unpaired) electrons. The fraction of sp³-hybridized carbons (Fsp3) is 0.391. The summed E-state index contributed by atoms with van der Waals surface area (Å²) in [5, 5.41) is 2.75. The Balaban J connectivity index is 1.34. The van der Waals surface area contributed by atoms with Gasteiger partial charge in [-0.1, -0.05) is 32.9 Å². The highest BCUT2D eigenvalue weighted by atomic mass is 19.1. The van der Waals surface area contributed by atoms with Crippen LogP contribution in [0.4, 0.5) is 14.9 Å². The Morgan fingerprint density at radius 1 is 1.13 bits per heavy atom. The van der Waals surface area contributed by atoms with Crippen molar-refractivity contribution in [3.63, 3.8) is 0 Å². The summed E-state index contributed by atoms with van der Waals surface area (Å²) < 4.78 is 19.2. The third-order valence-corrected chi connectivity index (χ3v) is 5.39. The quantitative estimate of drug-likeness (QED) is 0.685. The molecule has 0 aliphatic carbocycles. The predicted molar refractivity (Wildman–Crippen MR) is 115 cm³/mol. The summed E-state index contributed by atoms with van der Waals surface area (Å²) in [4.78, 5) is 21.0. The molecule has 0 saturated carbocycles. The molecule has 0 atom stereocenters. The second-order valence-corrected chi connectivity index (χ2v) is 8.74. The molecule has 2 aromatic carbocycles. The number of hydrogen-bond acceptors (Lipinski definition) is 4. The van der Waals surface area contributed by atoms with Gasteiger partial charge in [-0.25, -0.2) is 14.2 Å². The van der Waals surface area contributed by atoms with Crippen molar-refractivity contribution in [2.45, 2.75) is 32.7 Å². The van der Waals surface area contributed by atoms with Gasteiger partial charge in [0, 0.05) is 31.9 Å². The molecule has 1 fully saturated rings. The number of aromatic nitrogens is 1. The Kier molecular flexibility index (Phi) is 5.47. The van der Waals surface area contributed by atoms with Crippen LogP contribution in [-0.4, -0.2) is 47.0 Å². The van der Waals surface area contributed by atoms with Crippen LogP contribution in [0.1, 0.15) is 32.2 Å². The molecule has 0 spiro atoms. The van der Waals surface area contributed by atoms with Crippen molar-refractivity contribution in [3.05, 3.63) is 59.7 Å². The lowest BCUT2D eigenvalue weighted by atomic mass is 9.87. The van der Waals surface area contributed by atoms with Gasteiger partial charge in [-0.2, -0.15) is 0 Å². The number of anilines is 1. The standard InChI is InChI=1S/C23H27FN4O2/c1-23(2,3)16-7-8-20-19(13-16)26-21(30-20)15-27-9-11-28(12-10-27)22(29)25-18-6-4-5-17(24)14-18/h4-8,13-14H,9-12,15H2,1-3H3,(H,25,29). The number of rotatable bonds is 3. The van der Waals surface area contributed by atoms with E-state index in [1.807, 2.05) is 6.07 Å². The first kappa shape index (κ1) is 20.3. The number of oxazole rings is 1. The molecule has 6 nitrogen and oxygen atoms in total. The van der Waals surface area contributed by atoms with Gasteiger partial charge in [0.25, 0.3) is 0 Å². The molecule has 3 aromatic rings. The van der Waals surface area contributed by atoms with Crippen LogP contribution in [-0.2, 0) is 12.0 Å². The van der Waals surface area contributed by atoms with E-state index in [1.165, 1.54) is 17.7 Å². The molecule has 1 saturated heterocycles. The van der Waals surface area contributed by atoms with Crippen molar-refractivity contribution in [1.82, 2.24) is 14.8 Å². The minimum atomic E-state index is -0.370. The third kappa shape index (κ3) is 4.62. The number of hydrogen-bond donors (Lipinski definition) is 1. The number of piperazine rings is 1. The number of benzene rings is 2. The van der Waals surface area contributed by atoms with Gasteiger partial charge in [0.05, 0.1) is 6.54 Å². The Morgan fingerprint density at radius 2 is 1.90 bits per heavy atom. The van der Waals surface area contributed by atoms with E-state index in [9.17, 15) is 9.18 Å². The Labute approximate surface area is 175 Å². The highest BCUT2D eigenvalue weighted by Gasteiger charge is 2.23. The summed E-state index contributed by atoms with van der Waals surface area (Å²) in [6.45, 7) is 9.78. The molecule has 7 heteroatoms. The van der Waals surface area contributed by atoms with E-state index >= 15 is 0 Å². The zero-order valence-electron chi connectivity index (χ0n) is 17.6. The number of carbonyl (C=O) groups is 1. The van der Waals surface area contributed by atoms with E-state index < -0.39 is 0 Å². The van der Waals surface area contributed by atoms with Crippen LogP contribution in [0, 0.1) is 5.82 Å². The normalized spacial score (nSPS) is 15.5. The summed E-state index contributed by atoms with van der Waals surface area (Å²) in [5.41, 5.74) is 3.43. The first-order valence-corrected chi connectivity index (χ1v) is 10.2. The zero-order chi connectivity index (χ0) is 21.3. The van der Waals surface area contributed by atoms with Crippen LogP contribution in [0.15, 0.2) is 46.9 Å². The van der Waals surface area contributed by atoms with E-state index in [4.69, 9.17) is 4.42 Å². The van der Waals surface area contributed by atoms with Gasteiger partial charge in [0.1, 0.15) is 11.3 Å². The number of nitrogens with one attached hydrogen (secondary N) is 1. The number of fused-ring (bicyclic) bond motifs is 1. The molecule has 4 rings (SSSR count). The summed E-state index contributed by atoms with van der Waals surface area (Å²) >= 11 is 0. The van der Waals surface area contributed by atoms with E-state index in [-0.39, 0.29) is 17.3 Å². The summed E-state index contributed by atoms with van der Waals surface area (Å²) in [6, 6.07) is 11.9. The maximum absolute atomic E-state index is 13.3. The smallest absolute Gasteiger partial charge is 0.321 e. The predicted octanol–water partition coefficient (Wildman–Crippen LogP) is 4.61. The summed E-state index contributed by atoms with van der Waals surface area (Å²) in [6.07, 6.45) is 0. The average molecular weight is 410 g/mol. The first-order chi connectivity index (χ1) is 14.3. The van der Waals surface area contributed by atoms with Crippen LogP contribution in [0.2, 0.25) is 0 Å². The fourth-order valence-corrected chi connectivity index (χ4v) is 3.58. The van der Waals surface area contributed by atoms with E-state index in [0.717, 1.165) is 24.2 Å². The second kappa shape index (κ2) is 8.07. The Bertz CT molecular complexity index is 1050. The van der Waals surface area contributed by atoms with Gasteiger partial charge in [0.2, 0.25) is 5.89 Å². The Morgan fingerprint density at radius 3 is 2.60 bits per heavy atom. The minimum Gasteiger partial charge on any atom is -0.439 e. The maximum Gasteiger partial charge on any atom is 0.321 e. The molecule has 1 aliphatic rings. The van der Waals surface area contributed by atoms with Gasteiger partial charge in [0.15, 0.2) is 5.58 Å². The number of carbonyl (C=O) groups excluding carboxylic acids is 1. The molecular formula is C23H27FN4O2. The largest absolute Gasteiger partial charge is 0.439 e. The van der Waals surface area contributed by atoms with Crippen LogP contribution >= 0.6 is 0 Å². The van der Waals surface area contributed by atoms with Crippen molar-refractivity contribution in [1.29, 1.82) is 0 Å². The molecule has 2 heterocycles. The van der Waals surface area contributed by atoms with Gasteiger partial charge in [-0.05, 0) is 41.3 Å². The van der Waals surface area contributed by atoms with Crippen molar-refractivity contribution in [2.75, 3.05) is 31.5 Å². The SMILES string of the molecule is CC(C)(C)c1ccc2oc(CN3CCN(C(=O)Nc4cccc(F)c4)CC3)nc2c1. The molecule has 0 unspecified atom stereocenters. The fourth-order valence-electron chi connectivity index (χ4n) is 3.58. The topological polar surface area (TPSA) is 61.6 Å². The second-order valence-electron chi connectivity index (χ2n) is 8.74. The molecule has 0 bridgehead atoms. The monoisotopic (exact) mass is 410 g/mol. The lowest BCUT2D eigenvalue weighted by molar-refractivity contribution is 0.136. The Hall–Kier alpha value is -2.93. The summed E-state index contributed by atoms with van der Waals surface area (Å²) in [5.74, 6) is 0.319. The highest BCUT2D eigenvalue weighted by molar-refractivity contribution is 5.89. The number of urea groups is 1. The molecule has 1 aliphatic heterocycles. The van der Waals surface area contributed by atoms with Crippen LogP contribution in [0.25, 0.3) is 11.1 Å². The molecule has 1 N–H and O–H groups in total. The maximum atomic E-state index is 13.3. The molecular weight excluding hydrogens is 383 g/mol. The minimum absolute atomic E-state index is 0.0652. The highest BCUT2D eigenvalue weighted by Crippen LogP contribution is 2.26. The number of halogens is 1. The van der Waals surface area contributed by atoms with E-state index in [2.05, 4.69) is 48.1 Å². The number of amides is 2. The van der Waals surface area contributed by atoms with Crippen molar-refractivity contribution < 1.29 is 13.6 Å². The van der Waals surface area contributed by atoms with Crippen molar-refractivity contribution in [2.24, 2.45) is 0 Å². The van der Waals surface area contributed by atoms with E-state index in [0.29, 0.717) is 31.2 Å². The van der Waals surface area contributed by atoms with Gasteiger partial charge >= 0.3 is 6.03 Å². The number of nitrogens with zero attached hydrogens (tertiary/aromatic N) is 3. The van der Waals surface area contributed by atoms with Crippen LogP contribution < -0.4 is 5.32 Å². The first-order valence-electron chi connectivity index (χ1n) is 10.2. The molecule has 158 valence electrons. The van der Waals surface area contributed by atoms with Crippen LogP contribution in [0.3, 0.4) is 0 Å². The average Bonchev–Trinajstić information content (AvgIpc) is 3.09. The van der Waals surface area contributed by atoms with Crippen LogP contribution in [0.5, 0.6) is 0 Å². The van der Waals surface area contributed by atoms with Crippen molar-refractivity contribution >= 4 is 22.8 Å². The summed E-state index contributed by atoms with van der Waals surface area (Å²) in [7, 11) is 0. The van der Waals surface area contributed by atoms with Gasteiger partial charge in [-0.3, -0.25) is 4.90 Å². The lowest BCUT2D eigenvalue weighted by Crippen LogP contribution is -2.49. The lowest BCUT2D eigenvalue weighted by Gasteiger charge is -2.34. The molecule has 1 aromatic heterocycles. The molecule has 2 amide bonds.